The Morgan fingerprint density at radius 3 is 0.854 bits per heavy atom. The number of aliphatic hydroxyl groups is 1. The normalized spacial score (nSPS) is 13.7. The average Bonchev–Trinajstić information content (AvgIpc) is 0.864. The minimum absolute atomic E-state index is 0.00222. The number of carboxylic acids is 1. The molecule has 12 atom stereocenters. The van der Waals surface area contributed by atoms with Crippen molar-refractivity contribution in [2.24, 2.45) is 51.6 Å². The molecule has 0 fully saturated rings. The topological polar surface area (TPSA) is 902 Å². The Hall–Kier alpha value is -13.2. The van der Waals surface area contributed by atoms with Crippen LogP contribution in [0.4, 0.5) is 0 Å². The SMILES string of the molecule is CC(=O)N[C@@H](CCCNC(=N)N)C(=O)N[C@@H](CCCCN)C(=O)N[C@@H](CCCCN)C(=O)N[C@@H](CCCNC(=N)N)C(=O)N[C@@H](CCCNC(=N)N)C(=O)N[C@@H](CCC(N)=O)C(=O)N[C@@H](CCCNC(=N)N)C(=O)N[C@@H](CCCNC(=N)N)C(=O)N[C@@H](CCCNC(=N)N)C(=O)NCC(=O)N[C@H](C(=O)N[C@@H](Cc1ccccc1)C(=O)NCC(=O)O)[C@@H](C)O. The van der Waals surface area contributed by atoms with Crippen LogP contribution in [0.3, 0.4) is 0 Å². The Morgan fingerprint density at radius 1 is 0.325 bits per heavy atom. The van der Waals surface area contributed by atoms with Crippen molar-refractivity contribution in [1.29, 1.82) is 32.5 Å². The summed E-state index contributed by atoms with van der Waals surface area (Å²) in [6, 6.07) is -8.85. The molecule has 0 heterocycles. The molecule has 0 aliphatic heterocycles. The number of aliphatic hydroxyl groups excluding tert-OH is 1. The summed E-state index contributed by atoms with van der Waals surface area (Å²) in [4.78, 5) is 208. The number of nitrogens with one attached hydrogen (secondary N) is 25. The van der Waals surface area contributed by atoms with Crippen LogP contribution in [-0.4, -0.2) is 273 Å². The highest BCUT2D eigenvalue weighted by atomic mass is 16.4. The van der Waals surface area contributed by atoms with Gasteiger partial charge in [-0.25, -0.2) is 0 Å². The number of amides is 14. The molecule has 51 nitrogen and oxygen atoms in total. The van der Waals surface area contributed by atoms with E-state index in [1.54, 1.807) is 30.3 Å². The van der Waals surface area contributed by atoms with Crippen LogP contribution in [0.15, 0.2) is 30.3 Å². The molecule has 0 aliphatic carbocycles. The zero-order chi connectivity index (χ0) is 92.5. The Labute approximate surface area is 711 Å². The largest absolute Gasteiger partial charge is 0.480 e. The zero-order valence-corrected chi connectivity index (χ0v) is 69.4. The molecule has 1 aromatic carbocycles. The summed E-state index contributed by atoms with van der Waals surface area (Å²) >= 11 is 0. The lowest BCUT2D eigenvalue weighted by Gasteiger charge is -2.28. The van der Waals surface area contributed by atoms with Crippen molar-refractivity contribution in [3.8, 4) is 0 Å². The van der Waals surface area contributed by atoms with E-state index in [2.05, 4.69) is 101 Å². The van der Waals surface area contributed by atoms with Crippen molar-refractivity contribution in [2.45, 2.75) is 221 Å². The van der Waals surface area contributed by atoms with Crippen LogP contribution in [0.2, 0.25) is 0 Å². The van der Waals surface area contributed by atoms with Gasteiger partial charge in [0.15, 0.2) is 35.8 Å². The lowest BCUT2D eigenvalue weighted by atomic mass is 10.0. The number of unbranched alkanes of at least 4 members (excludes halogenated alkanes) is 2. The molecule has 0 bridgehead atoms. The highest BCUT2D eigenvalue weighted by Crippen LogP contribution is 2.14. The van der Waals surface area contributed by atoms with E-state index in [-0.39, 0.29) is 161 Å². The molecule has 0 aromatic heterocycles. The number of rotatable bonds is 64. The fourth-order valence-electron chi connectivity index (χ4n) is 11.8. The molecule has 0 saturated heterocycles. The molecule has 690 valence electrons. The van der Waals surface area contributed by atoms with Gasteiger partial charge in [-0.1, -0.05) is 30.3 Å². The molecule has 0 aliphatic rings. The van der Waals surface area contributed by atoms with Gasteiger partial charge >= 0.3 is 5.97 Å². The van der Waals surface area contributed by atoms with E-state index in [0.717, 1.165) is 6.92 Å². The predicted octanol–water partition coefficient (Wildman–Crippen LogP) is -11.6. The highest BCUT2D eigenvalue weighted by Gasteiger charge is 2.37. The fraction of sp³-hybridized carbons (Fsp3) is 0.625. The summed E-state index contributed by atoms with van der Waals surface area (Å²) in [5.41, 5.74) is 50.8. The van der Waals surface area contributed by atoms with E-state index in [4.69, 9.17) is 84.1 Å². The van der Waals surface area contributed by atoms with E-state index in [1.807, 2.05) is 0 Å². The van der Waals surface area contributed by atoms with E-state index < -0.39 is 217 Å². The zero-order valence-electron chi connectivity index (χ0n) is 69.4. The van der Waals surface area contributed by atoms with Gasteiger partial charge in [0.25, 0.3) is 0 Å². The first-order valence-corrected chi connectivity index (χ1v) is 40.1. The predicted molar refractivity (Wildman–Crippen MR) is 452 cm³/mol. The highest BCUT2D eigenvalue weighted by molar-refractivity contribution is 6.00. The number of hydrogen-bond acceptors (Lipinski definition) is 24. The lowest BCUT2D eigenvalue weighted by Crippen LogP contribution is -2.60. The van der Waals surface area contributed by atoms with Crippen LogP contribution in [0.5, 0.6) is 0 Å². The molecule has 14 amide bonds. The quantitative estimate of drug-likeness (QED) is 0.0164. The van der Waals surface area contributed by atoms with Gasteiger partial charge in [-0.05, 0) is 148 Å². The summed E-state index contributed by atoms with van der Waals surface area (Å²) in [5.74, 6) is -17.7. The van der Waals surface area contributed by atoms with Crippen molar-refractivity contribution in [1.82, 2.24) is 101 Å². The molecule has 1 aromatic rings. The van der Waals surface area contributed by atoms with E-state index >= 15 is 0 Å². The van der Waals surface area contributed by atoms with Crippen molar-refractivity contribution >= 4 is 124 Å². The first-order valence-electron chi connectivity index (χ1n) is 40.1. The van der Waals surface area contributed by atoms with Crippen LogP contribution < -0.4 is 153 Å². The third-order valence-electron chi connectivity index (χ3n) is 18.1. The van der Waals surface area contributed by atoms with E-state index in [9.17, 15) is 82.1 Å². The van der Waals surface area contributed by atoms with Crippen molar-refractivity contribution in [2.75, 3.05) is 65.4 Å². The van der Waals surface area contributed by atoms with Crippen LogP contribution in [0, 0.1) is 32.5 Å². The van der Waals surface area contributed by atoms with Crippen LogP contribution >= 0.6 is 0 Å². The van der Waals surface area contributed by atoms with Crippen LogP contribution in [-0.2, 0) is 78.3 Å². The number of primary amides is 1. The number of guanidine groups is 6. The maximum absolute atomic E-state index is 14.9. The molecule has 1 rings (SSSR count). The summed E-state index contributed by atoms with van der Waals surface area (Å²) in [6.45, 7) is 0.818. The number of nitrogens with two attached hydrogens (primary N) is 9. The summed E-state index contributed by atoms with van der Waals surface area (Å²) in [5, 5.41) is 114. The first kappa shape index (κ1) is 108. The van der Waals surface area contributed by atoms with E-state index in [0.29, 0.717) is 24.8 Å². The van der Waals surface area contributed by atoms with Crippen molar-refractivity contribution in [3.63, 3.8) is 0 Å². The molecule has 0 spiro atoms. The molecule has 123 heavy (non-hydrogen) atoms. The molecule has 0 saturated carbocycles. The second-order valence-electron chi connectivity index (χ2n) is 28.6. The van der Waals surface area contributed by atoms with E-state index in [1.165, 1.54) is 6.92 Å². The number of aliphatic carboxylic acids is 1. The van der Waals surface area contributed by atoms with Gasteiger partial charge in [-0.15, -0.1) is 0 Å². The molecular formula is C72H130N34O17. The first-order chi connectivity index (χ1) is 58.2. The Kier molecular flexibility index (Phi) is 53.6. The Bertz CT molecular complexity index is 3680. The van der Waals surface area contributed by atoms with Gasteiger partial charge < -0.3 is 163 Å². The van der Waals surface area contributed by atoms with Crippen molar-refractivity contribution in [3.05, 3.63) is 35.9 Å². The number of hydrogen-bond donors (Lipinski definition) is 36. The minimum Gasteiger partial charge on any atom is -0.480 e. The van der Waals surface area contributed by atoms with Crippen LogP contribution in [0.25, 0.3) is 0 Å². The molecule has 0 radical (unpaired) electrons. The van der Waals surface area contributed by atoms with Crippen molar-refractivity contribution < 1.29 is 82.1 Å². The Balaban J connectivity index is 3.96. The average molecular weight is 1740 g/mol. The number of benzene rings is 1. The number of carbonyl (C=O) groups is 15. The molecular weight excluding hydrogens is 1610 g/mol. The third-order valence-corrected chi connectivity index (χ3v) is 18.1. The fourth-order valence-corrected chi connectivity index (χ4v) is 11.8. The molecule has 51 heteroatoms. The van der Waals surface area contributed by atoms with Gasteiger partial charge in [-0.3, -0.25) is 104 Å². The lowest BCUT2D eigenvalue weighted by molar-refractivity contribution is -0.138. The summed E-state index contributed by atoms with van der Waals surface area (Å²) in [6.07, 6.45) is -2.97. The van der Waals surface area contributed by atoms with Gasteiger partial charge in [0.05, 0.1) is 12.6 Å². The van der Waals surface area contributed by atoms with Gasteiger partial charge in [-0.2, -0.15) is 0 Å². The second-order valence-corrected chi connectivity index (χ2v) is 28.6. The smallest absolute Gasteiger partial charge is 0.322 e. The van der Waals surface area contributed by atoms with Gasteiger partial charge in [0.2, 0.25) is 82.7 Å². The minimum atomic E-state index is -1.81. The third kappa shape index (κ3) is 49.8. The monoisotopic (exact) mass is 1740 g/mol. The van der Waals surface area contributed by atoms with Crippen LogP contribution in [0.1, 0.15) is 148 Å². The Morgan fingerprint density at radius 2 is 0.585 bits per heavy atom. The number of carboxylic acid groups (broad SMARTS) is 1. The molecule has 45 N–H and O–H groups in total. The summed E-state index contributed by atoms with van der Waals surface area (Å²) in [7, 11) is 0. The van der Waals surface area contributed by atoms with Gasteiger partial charge in [0, 0.05) is 59.0 Å². The summed E-state index contributed by atoms with van der Waals surface area (Å²) < 4.78 is 0. The standard InChI is InChI=1S/C72H130N34O17/c1-39(107)55(66(123)105-51(57(114)95-38-54(111)112)36-41-16-4-3-5-17-41)106-53(110)37-94-56(113)42(20-10-30-88-67(76)77)97-61(118)46(22-12-32-90-69(80)81)101-63(120)48(24-14-34-92-71(84)85)103-65(122)50(26-27-52(75)109)104-64(121)49(25-15-35-93-72(86)87)102-62(119)47(23-13-33-91-70(82)83)100-60(117)45(19-7-9-29-74)99-59(116)44(18-6-8-28-73)98-58(115)43(96-40(2)108)21-11-31-89-68(78)79/h3-5,16-17,39,42-51,55,107H,6-15,18-38,73-74H2,1-2H3,(H2,75,109)(H,94,113)(H,95,114)(H,96,108)(H,97,118)(H,98,115)(H,99,116)(H,100,117)(H,101,120)(H,102,119)(H,103,122)(H,104,121)(H,105,123)(H,106,110)(H,111,112)(H4,76,77,88)(H4,78,79,89)(H4,80,81,90)(H4,82,83,91)(H4,84,85,92)(H4,86,87,93)/t39-,42+,43+,44+,45+,46+,47+,48+,49+,50+,51+,55+/m1/s1. The number of carbonyl (C=O) groups excluding carboxylic acids is 14. The van der Waals surface area contributed by atoms with Gasteiger partial charge in [0.1, 0.15) is 73.0 Å². The second kappa shape index (κ2) is 61.1. The maximum Gasteiger partial charge on any atom is 0.322 e. The molecule has 0 unspecified atom stereocenters. The maximum atomic E-state index is 14.9.